The fraction of sp³-hybridized carbons (Fsp3) is 0.478. The van der Waals surface area contributed by atoms with Crippen LogP contribution in [0.4, 0.5) is 17.1 Å². The van der Waals surface area contributed by atoms with Crippen LogP contribution in [0.1, 0.15) is 49.5 Å². The highest BCUT2D eigenvalue weighted by Crippen LogP contribution is 2.25. The highest BCUT2D eigenvalue weighted by molar-refractivity contribution is 6.05. The summed E-state index contributed by atoms with van der Waals surface area (Å²) >= 11 is 0. The van der Waals surface area contributed by atoms with Crippen LogP contribution >= 0.6 is 0 Å². The lowest BCUT2D eigenvalue weighted by atomic mass is 10.00. The molecule has 0 radical (unpaired) electrons. The van der Waals surface area contributed by atoms with Crippen LogP contribution in [0.25, 0.3) is 0 Å². The molecule has 1 aromatic carbocycles. The van der Waals surface area contributed by atoms with Gasteiger partial charge in [0.25, 0.3) is 5.91 Å². The van der Waals surface area contributed by atoms with Crippen molar-refractivity contribution in [3.63, 3.8) is 0 Å². The molecule has 5 nitrogen and oxygen atoms in total. The van der Waals surface area contributed by atoms with Crippen molar-refractivity contribution >= 4 is 23.0 Å². The molecule has 1 aliphatic heterocycles. The molecule has 2 aromatic rings. The van der Waals surface area contributed by atoms with Crippen LogP contribution in [0.5, 0.6) is 0 Å². The van der Waals surface area contributed by atoms with E-state index >= 15 is 0 Å². The second-order valence-electron chi connectivity index (χ2n) is 7.75. The van der Waals surface area contributed by atoms with Crippen molar-refractivity contribution in [3.8, 4) is 0 Å². The molecule has 0 aliphatic carbocycles. The monoisotopic (exact) mass is 380 g/mol. The molecular weight excluding hydrogens is 348 g/mol. The molecule has 1 aromatic heterocycles. The van der Waals surface area contributed by atoms with Crippen molar-refractivity contribution in [2.75, 3.05) is 41.3 Å². The number of rotatable bonds is 6. The maximum absolute atomic E-state index is 12.8. The lowest BCUT2D eigenvalue weighted by Gasteiger charge is -2.32. The Balaban J connectivity index is 1.73. The number of aryl methyl sites for hydroxylation is 1. The van der Waals surface area contributed by atoms with Crippen molar-refractivity contribution < 1.29 is 4.79 Å². The number of amides is 1. The minimum absolute atomic E-state index is 0.113. The van der Waals surface area contributed by atoms with E-state index in [1.54, 1.807) is 6.20 Å². The molecule has 2 heterocycles. The van der Waals surface area contributed by atoms with Gasteiger partial charge >= 0.3 is 0 Å². The van der Waals surface area contributed by atoms with Gasteiger partial charge < -0.3 is 15.1 Å². The Hall–Kier alpha value is -2.56. The number of hydrogen-bond donors (Lipinski definition) is 1. The van der Waals surface area contributed by atoms with E-state index in [9.17, 15) is 4.79 Å². The second kappa shape index (κ2) is 9.09. The molecule has 0 saturated carbocycles. The van der Waals surface area contributed by atoms with Crippen molar-refractivity contribution in [1.82, 2.24) is 4.98 Å². The van der Waals surface area contributed by atoms with E-state index in [0.717, 1.165) is 43.1 Å². The number of nitrogens with one attached hydrogen (secondary N) is 1. The van der Waals surface area contributed by atoms with Crippen LogP contribution in [0, 0.1) is 12.8 Å². The Bertz CT molecular complexity index is 816. The predicted octanol–water partition coefficient (Wildman–Crippen LogP) is 4.72. The van der Waals surface area contributed by atoms with E-state index in [2.05, 4.69) is 53.0 Å². The maximum Gasteiger partial charge on any atom is 0.257 e. The van der Waals surface area contributed by atoms with Gasteiger partial charge in [-0.25, -0.2) is 0 Å². The van der Waals surface area contributed by atoms with Crippen LogP contribution in [0.2, 0.25) is 0 Å². The maximum atomic E-state index is 12.8. The molecule has 0 bridgehead atoms. The van der Waals surface area contributed by atoms with Gasteiger partial charge in [0.05, 0.1) is 17.4 Å². The van der Waals surface area contributed by atoms with Crippen LogP contribution in [0.15, 0.2) is 36.7 Å². The first-order valence-corrected chi connectivity index (χ1v) is 10.4. The summed E-state index contributed by atoms with van der Waals surface area (Å²) in [5, 5.41) is 3.05. The number of nitrogens with zero attached hydrogens (tertiary/aromatic N) is 3. The number of carbonyl (C=O) groups is 1. The van der Waals surface area contributed by atoms with Crippen LogP contribution in [0.3, 0.4) is 0 Å². The Labute approximate surface area is 168 Å². The van der Waals surface area contributed by atoms with E-state index in [-0.39, 0.29) is 5.91 Å². The van der Waals surface area contributed by atoms with E-state index < -0.39 is 0 Å². The third-order valence-electron chi connectivity index (χ3n) is 5.59. The van der Waals surface area contributed by atoms with Crippen LogP contribution in [-0.2, 0) is 0 Å². The summed E-state index contributed by atoms with van der Waals surface area (Å²) in [6.07, 6.45) is 5.97. The molecule has 5 heteroatoms. The lowest BCUT2D eigenvalue weighted by molar-refractivity contribution is 0.102. The van der Waals surface area contributed by atoms with Gasteiger partial charge in [-0.05, 0) is 69.4 Å². The topological polar surface area (TPSA) is 48.5 Å². The second-order valence-corrected chi connectivity index (χ2v) is 7.75. The number of benzene rings is 1. The zero-order valence-electron chi connectivity index (χ0n) is 17.5. The normalized spacial score (nSPS) is 16.7. The van der Waals surface area contributed by atoms with Gasteiger partial charge in [0.2, 0.25) is 0 Å². The van der Waals surface area contributed by atoms with E-state index in [1.807, 2.05) is 25.3 Å². The smallest absolute Gasteiger partial charge is 0.257 e. The number of aromatic nitrogens is 1. The average Bonchev–Trinajstić information content (AvgIpc) is 2.71. The Morgan fingerprint density at radius 3 is 2.71 bits per heavy atom. The highest BCUT2D eigenvalue weighted by Gasteiger charge is 2.18. The molecule has 1 amide bonds. The number of piperidine rings is 1. The average molecular weight is 381 g/mol. The molecule has 1 atom stereocenters. The minimum atomic E-state index is -0.113. The number of anilines is 3. The van der Waals surface area contributed by atoms with Gasteiger partial charge in [-0.3, -0.25) is 9.78 Å². The molecule has 1 N–H and O–H groups in total. The summed E-state index contributed by atoms with van der Waals surface area (Å²) < 4.78 is 0. The summed E-state index contributed by atoms with van der Waals surface area (Å²) in [7, 11) is 0. The Kier molecular flexibility index (Phi) is 6.55. The zero-order valence-corrected chi connectivity index (χ0v) is 17.5. The summed E-state index contributed by atoms with van der Waals surface area (Å²) in [6, 6.07) is 8.15. The van der Waals surface area contributed by atoms with E-state index in [1.165, 1.54) is 18.5 Å². The van der Waals surface area contributed by atoms with Crippen molar-refractivity contribution in [2.24, 2.45) is 5.92 Å². The molecule has 1 fully saturated rings. The third-order valence-corrected chi connectivity index (χ3v) is 5.59. The molecule has 1 saturated heterocycles. The van der Waals surface area contributed by atoms with Gasteiger partial charge in [0, 0.05) is 43.8 Å². The zero-order chi connectivity index (χ0) is 20.1. The number of hydrogen-bond acceptors (Lipinski definition) is 4. The van der Waals surface area contributed by atoms with Crippen LogP contribution < -0.4 is 15.1 Å². The molecule has 0 spiro atoms. The first-order chi connectivity index (χ1) is 13.5. The van der Waals surface area contributed by atoms with Gasteiger partial charge in [0.1, 0.15) is 0 Å². The summed E-state index contributed by atoms with van der Waals surface area (Å²) in [5.74, 6) is 0.566. The van der Waals surface area contributed by atoms with E-state index in [4.69, 9.17) is 0 Å². The lowest BCUT2D eigenvalue weighted by Crippen LogP contribution is -2.34. The number of pyridine rings is 1. The first kappa shape index (κ1) is 20.2. The standard InChI is InChI=1S/C23H32N4O/c1-5-26(6-2)20-9-10-22(18(4)12-20)25-23(28)19-13-21(15-24-14-19)27-11-7-8-17(3)16-27/h9-10,12-15,17H,5-8,11,16H2,1-4H3,(H,25,28). The van der Waals surface area contributed by atoms with Gasteiger partial charge in [-0.1, -0.05) is 6.92 Å². The molecule has 1 aliphatic rings. The largest absolute Gasteiger partial charge is 0.372 e. The summed E-state index contributed by atoms with van der Waals surface area (Å²) in [6.45, 7) is 12.6. The summed E-state index contributed by atoms with van der Waals surface area (Å²) in [5.41, 5.74) is 4.73. The molecule has 150 valence electrons. The van der Waals surface area contributed by atoms with Crippen molar-refractivity contribution in [3.05, 3.63) is 47.8 Å². The minimum Gasteiger partial charge on any atom is -0.372 e. The fourth-order valence-corrected chi connectivity index (χ4v) is 3.92. The van der Waals surface area contributed by atoms with E-state index in [0.29, 0.717) is 11.5 Å². The molecule has 3 rings (SSSR count). The molecular formula is C23H32N4O. The predicted molar refractivity (Wildman–Crippen MR) is 118 cm³/mol. The third kappa shape index (κ3) is 4.64. The molecule has 28 heavy (non-hydrogen) atoms. The van der Waals surface area contributed by atoms with Crippen LogP contribution in [-0.4, -0.2) is 37.1 Å². The summed E-state index contributed by atoms with van der Waals surface area (Å²) in [4.78, 5) is 21.8. The Morgan fingerprint density at radius 2 is 2.04 bits per heavy atom. The number of carbonyl (C=O) groups excluding carboxylic acids is 1. The first-order valence-electron chi connectivity index (χ1n) is 10.4. The fourth-order valence-electron chi connectivity index (χ4n) is 3.92. The highest BCUT2D eigenvalue weighted by atomic mass is 16.1. The van der Waals surface area contributed by atoms with Gasteiger partial charge in [-0.15, -0.1) is 0 Å². The Morgan fingerprint density at radius 1 is 1.25 bits per heavy atom. The SMILES string of the molecule is CCN(CC)c1ccc(NC(=O)c2cncc(N3CCCC(C)C3)c2)c(C)c1. The van der Waals surface area contributed by atoms with Gasteiger partial charge in [0.15, 0.2) is 0 Å². The van der Waals surface area contributed by atoms with Crippen molar-refractivity contribution in [1.29, 1.82) is 0 Å². The quantitative estimate of drug-likeness (QED) is 0.787. The van der Waals surface area contributed by atoms with Crippen molar-refractivity contribution in [2.45, 2.75) is 40.5 Å². The molecule has 1 unspecified atom stereocenters. The van der Waals surface area contributed by atoms with Gasteiger partial charge in [-0.2, -0.15) is 0 Å².